The first kappa shape index (κ1) is 66.2. The van der Waals surface area contributed by atoms with Crippen molar-refractivity contribution in [2.24, 2.45) is 0 Å². The topological polar surface area (TPSA) is 208 Å². The number of aliphatic hydroxyl groups excluding tert-OH is 2. The quantitative estimate of drug-likeness (QED) is 0.0908. The van der Waals surface area contributed by atoms with Crippen LogP contribution < -0.4 is 10.6 Å². The highest BCUT2D eigenvalue weighted by atomic mass is 35.5. The number of Topliss-reactive ketones (excluding diaryl/α,β-unsaturated/α-hetero) is 1. The van der Waals surface area contributed by atoms with E-state index in [-0.39, 0.29) is 61.9 Å². The molecule has 0 bridgehead atoms. The van der Waals surface area contributed by atoms with Gasteiger partial charge in [-0.15, -0.1) is 23.2 Å². The third-order valence-electron chi connectivity index (χ3n) is 7.64. The summed E-state index contributed by atoms with van der Waals surface area (Å²) in [6, 6.07) is 0. The van der Waals surface area contributed by atoms with Crippen molar-refractivity contribution in [1.82, 2.24) is 25.3 Å². The molecule has 0 aromatic heterocycles. The Balaban J connectivity index is -0.000000712. The van der Waals surface area contributed by atoms with Crippen LogP contribution in [0.5, 0.6) is 0 Å². The van der Waals surface area contributed by atoms with E-state index in [4.69, 9.17) is 52.4 Å². The molecule has 0 aromatic carbocycles. The van der Waals surface area contributed by atoms with Crippen LogP contribution in [-0.2, 0) is 23.8 Å². The van der Waals surface area contributed by atoms with Crippen molar-refractivity contribution in [2.45, 2.75) is 155 Å². The first-order valence-electron chi connectivity index (χ1n) is 20.8. The molecule has 5 N–H and O–H groups in total. The van der Waals surface area contributed by atoms with E-state index >= 15 is 0 Å². The summed E-state index contributed by atoms with van der Waals surface area (Å²) in [7, 11) is 0. The highest BCUT2D eigenvalue weighted by Crippen LogP contribution is 2.28. The third-order valence-corrected chi connectivity index (χ3v) is 7.64. The lowest BCUT2D eigenvalue weighted by Gasteiger charge is -2.24. The van der Waals surface area contributed by atoms with Crippen LogP contribution in [0, 0.1) is 0 Å². The number of halogens is 9. The molecule has 16 nitrogen and oxygen atoms in total. The van der Waals surface area contributed by atoms with Crippen LogP contribution >= 0.6 is 23.2 Å². The smallest absolute Gasteiger partial charge is 0.475 e. The van der Waals surface area contributed by atoms with E-state index in [1.54, 1.807) is 20.8 Å². The number of hydrogen-bond acceptors (Lipinski definition) is 12. The number of carboxylic acid groups (broad SMARTS) is 1. The van der Waals surface area contributed by atoms with Crippen LogP contribution in [0.4, 0.5) is 45.1 Å². The van der Waals surface area contributed by atoms with Gasteiger partial charge in [-0.3, -0.25) is 4.79 Å². The Morgan fingerprint density at radius 2 is 1.14 bits per heavy atom. The SMILES string of the molecule is CC.CC(C)(C)OC(=O)N1CCC(=O)C1.CC(C)(C)OC(=O)N1CCC(F)(F)C1.CC(C)(C)OC(=O)N1CC[C@@H](O)C1.ClCCl.FC1(F)CCNC1.O=C(O)C(F)(F)F.O[C@@H]1CCNC1. The molecule has 5 aliphatic rings. The van der Waals surface area contributed by atoms with E-state index in [0.29, 0.717) is 39.0 Å². The van der Waals surface area contributed by atoms with Gasteiger partial charge in [-0.25, -0.2) is 36.7 Å². The summed E-state index contributed by atoms with van der Waals surface area (Å²) in [6.07, 6.45) is -5.13. The largest absolute Gasteiger partial charge is 0.490 e. The number of aliphatic carboxylic acids is 1. The molecule has 0 spiro atoms. The van der Waals surface area contributed by atoms with Crippen LogP contribution in [-0.4, -0.2) is 178 Å². The average Bonchev–Trinajstić information content (AvgIpc) is 3.99. The number of hydrogen-bond donors (Lipinski definition) is 5. The Morgan fingerprint density at radius 1 is 0.692 bits per heavy atom. The summed E-state index contributed by atoms with van der Waals surface area (Å²) < 4.78 is 96.2. The summed E-state index contributed by atoms with van der Waals surface area (Å²) in [4.78, 5) is 57.9. The van der Waals surface area contributed by atoms with Crippen molar-refractivity contribution in [3.63, 3.8) is 0 Å². The van der Waals surface area contributed by atoms with E-state index in [0.717, 1.165) is 24.4 Å². The zero-order valence-electron chi connectivity index (χ0n) is 39.3. The minimum absolute atomic E-state index is 0.00694. The van der Waals surface area contributed by atoms with Gasteiger partial charge in [-0.05, 0) is 81.7 Å². The summed E-state index contributed by atoms with van der Waals surface area (Å²) in [6.45, 7) is 23.4. The number of ketones is 1. The Morgan fingerprint density at radius 3 is 1.37 bits per heavy atom. The normalized spacial score (nSPS) is 20.6. The lowest BCUT2D eigenvalue weighted by molar-refractivity contribution is -0.192. The molecule has 5 heterocycles. The first-order chi connectivity index (χ1) is 29.4. The van der Waals surface area contributed by atoms with Crippen LogP contribution in [0.1, 0.15) is 108 Å². The number of nitrogens with one attached hydrogen (secondary N) is 2. The Hall–Kier alpha value is -3.12. The van der Waals surface area contributed by atoms with E-state index < -0.39 is 59.5 Å². The average molecular weight is 1000 g/mol. The predicted molar refractivity (Wildman–Crippen MR) is 231 cm³/mol. The number of nitrogens with zero attached hydrogens (tertiary/aromatic N) is 3. The summed E-state index contributed by atoms with van der Waals surface area (Å²) >= 11 is 9.53. The first-order valence-corrected chi connectivity index (χ1v) is 21.9. The fraction of sp³-hybridized carbons (Fsp3) is 0.875. The Bertz CT molecular complexity index is 1390. The number of rotatable bonds is 0. The highest BCUT2D eigenvalue weighted by Gasteiger charge is 2.42. The minimum Gasteiger partial charge on any atom is -0.475 e. The van der Waals surface area contributed by atoms with Crippen molar-refractivity contribution < 1.29 is 84.2 Å². The van der Waals surface area contributed by atoms with E-state index in [9.17, 15) is 55.0 Å². The molecule has 3 amide bonds. The van der Waals surface area contributed by atoms with Gasteiger partial charge < -0.3 is 54.9 Å². The van der Waals surface area contributed by atoms with Crippen LogP contribution in [0.3, 0.4) is 0 Å². The molecule has 0 aliphatic carbocycles. The maximum Gasteiger partial charge on any atom is 0.490 e. The monoisotopic (exact) mass is 1000 g/mol. The number of carbonyl (C=O) groups is 5. The highest BCUT2D eigenvalue weighted by molar-refractivity contribution is 6.40. The Kier molecular flexibility index (Phi) is 31.6. The number of carbonyl (C=O) groups excluding carboxylic acids is 4. The predicted octanol–water partition coefficient (Wildman–Crippen LogP) is 7.48. The zero-order valence-corrected chi connectivity index (χ0v) is 40.8. The molecule has 5 rings (SSSR count). The van der Waals surface area contributed by atoms with E-state index in [2.05, 4.69) is 10.6 Å². The second-order valence-corrected chi connectivity index (χ2v) is 18.2. The molecule has 65 heavy (non-hydrogen) atoms. The molecule has 0 aromatic rings. The van der Waals surface area contributed by atoms with Crippen molar-refractivity contribution >= 4 is 53.2 Å². The molecule has 386 valence electrons. The lowest BCUT2D eigenvalue weighted by Crippen LogP contribution is -2.36. The maximum atomic E-state index is 12.7. The lowest BCUT2D eigenvalue weighted by atomic mass is 10.2. The van der Waals surface area contributed by atoms with Crippen molar-refractivity contribution in [2.75, 3.05) is 70.8 Å². The van der Waals surface area contributed by atoms with Crippen LogP contribution in [0.25, 0.3) is 0 Å². The Labute approximate surface area is 388 Å². The molecule has 2 atom stereocenters. The number of likely N-dealkylation sites (tertiary alicyclic amines) is 3. The summed E-state index contributed by atoms with van der Waals surface area (Å²) in [5, 5.41) is 30.8. The van der Waals surface area contributed by atoms with Gasteiger partial charge in [0.1, 0.15) is 16.8 Å². The number of alkyl halides is 9. The minimum atomic E-state index is -5.08. The zero-order chi connectivity index (χ0) is 51.6. The molecular formula is C40H72Cl2F7N5O11. The number of ether oxygens (including phenoxy) is 3. The standard InChI is InChI=1S/C9H15F2NO2.C9H17NO3.C9H15NO3.C4H7F2N.C4H9NO.C2HF3O2.C2H6.CH2Cl2/c1-8(2,3)14-7(13)12-5-4-9(10,11)6-12;2*1-9(2,3)13-8(12)10-5-4-7(11)6-10;5-4(6)1-2-7-3-4;6-4-1-2-5-3-4;3-2(4,5)1(6)7;1-2;2-1-3/h4-6H2,1-3H3;7,11H,4-6H2,1-3H3;4-6H2,1-3H3;7H,1-3H2;4-6H,1-3H2;(H,6,7);1-2H3;1H2/t;7-;;;4-;;;/m.1..1.../s1. The summed E-state index contributed by atoms with van der Waals surface area (Å²) in [5.74, 6) is -7.82. The van der Waals surface area contributed by atoms with Gasteiger partial charge in [0.25, 0.3) is 11.8 Å². The van der Waals surface area contributed by atoms with Gasteiger partial charge >= 0.3 is 30.4 Å². The second-order valence-electron chi connectivity index (χ2n) is 17.4. The fourth-order valence-electron chi connectivity index (χ4n) is 4.84. The van der Waals surface area contributed by atoms with Crippen LogP contribution in [0.15, 0.2) is 0 Å². The number of aliphatic hydroxyl groups is 2. The van der Waals surface area contributed by atoms with Crippen molar-refractivity contribution in [1.29, 1.82) is 0 Å². The molecule has 0 radical (unpaired) electrons. The van der Waals surface area contributed by atoms with Gasteiger partial charge in [0.15, 0.2) is 5.78 Å². The van der Waals surface area contributed by atoms with Gasteiger partial charge in [-0.2, -0.15) is 13.2 Å². The van der Waals surface area contributed by atoms with Crippen molar-refractivity contribution in [3.8, 4) is 0 Å². The molecule has 5 fully saturated rings. The van der Waals surface area contributed by atoms with Gasteiger partial charge in [-0.1, -0.05) is 13.8 Å². The second kappa shape index (κ2) is 31.0. The maximum absolute atomic E-state index is 12.7. The molecular weight excluding hydrogens is 930 g/mol. The van der Waals surface area contributed by atoms with Crippen LogP contribution in [0.2, 0.25) is 0 Å². The molecule has 0 unspecified atom stereocenters. The summed E-state index contributed by atoms with van der Waals surface area (Å²) in [5.41, 5.74) is -1.57. The number of carboxylic acids is 1. The number of amides is 3. The fourth-order valence-corrected chi connectivity index (χ4v) is 4.84. The third kappa shape index (κ3) is 37.6. The molecule has 0 saturated carbocycles. The molecule has 25 heteroatoms. The van der Waals surface area contributed by atoms with E-state index in [1.165, 1.54) is 9.80 Å². The van der Waals surface area contributed by atoms with Gasteiger partial charge in [0.05, 0.1) is 37.2 Å². The molecule has 5 aliphatic heterocycles. The van der Waals surface area contributed by atoms with Gasteiger partial charge in [0, 0.05) is 58.5 Å². The number of β-amino-alcohol motifs (C(OH)–C–C–N with tert-alkyl or cyclic N) is 2. The van der Waals surface area contributed by atoms with Crippen molar-refractivity contribution in [3.05, 3.63) is 0 Å². The van der Waals surface area contributed by atoms with Gasteiger partial charge in [0.2, 0.25) is 0 Å². The van der Waals surface area contributed by atoms with E-state index in [1.807, 2.05) is 55.4 Å². The molecule has 5 saturated heterocycles.